The van der Waals surface area contributed by atoms with Gasteiger partial charge in [0, 0.05) is 19.7 Å². The first-order chi connectivity index (χ1) is 19.7. The molecule has 5 rings (SSSR count). The number of primary amides is 1. The molecule has 3 unspecified atom stereocenters. The van der Waals surface area contributed by atoms with Crippen LogP contribution in [0.25, 0.3) is 0 Å². The second kappa shape index (κ2) is 10.7. The zero-order valence-electron chi connectivity index (χ0n) is 23.2. The molecule has 2 aliphatic heterocycles. The van der Waals surface area contributed by atoms with Crippen molar-refractivity contribution in [2.75, 3.05) is 18.9 Å². The first-order valence-electron chi connectivity index (χ1n) is 13.9. The van der Waals surface area contributed by atoms with Crippen molar-refractivity contribution in [1.82, 2.24) is 20.1 Å². The SMILES string of the molecule is Cc1cnc2c(c1)NC(=O)C1(C[C@@H](C(N)=O)N(C(=O)C(CC3CC3)N(C)C(=O)C(CC3CC3)NC(=O)C(F)(F)F)C1)O2. The van der Waals surface area contributed by atoms with Gasteiger partial charge in [0.1, 0.15) is 23.8 Å². The number of aryl methyl sites for hydroxylation is 1. The topological polar surface area (TPSA) is 164 Å². The number of anilines is 1. The predicted molar refractivity (Wildman–Crippen MR) is 140 cm³/mol. The van der Waals surface area contributed by atoms with E-state index in [1.165, 1.54) is 13.2 Å². The normalized spacial score (nSPS) is 24.7. The highest BCUT2D eigenvalue weighted by atomic mass is 19.4. The maximum Gasteiger partial charge on any atom is 0.471 e. The van der Waals surface area contributed by atoms with Gasteiger partial charge in [-0.15, -0.1) is 0 Å². The van der Waals surface area contributed by atoms with Crippen LogP contribution in [0.4, 0.5) is 18.9 Å². The molecule has 228 valence electrons. The summed E-state index contributed by atoms with van der Waals surface area (Å²) in [5, 5.41) is 4.52. The number of hydrogen-bond donors (Lipinski definition) is 3. The maximum atomic E-state index is 14.1. The molecule has 42 heavy (non-hydrogen) atoms. The van der Waals surface area contributed by atoms with Crippen LogP contribution in [0.5, 0.6) is 5.88 Å². The van der Waals surface area contributed by atoms with E-state index in [1.807, 2.05) is 0 Å². The summed E-state index contributed by atoms with van der Waals surface area (Å²) < 4.78 is 45.1. The van der Waals surface area contributed by atoms with Gasteiger partial charge in [-0.3, -0.25) is 24.0 Å². The monoisotopic (exact) mass is 594 g/mol. The number of halogens is 3. The maximum absolute atomic E-state index is 14.1. The third-order valence-corrected chi connectivity index (χ3v) is 8.36. The van der Waals surface area contributed by atoms with E-state index in [4.69, 9.17) is 10.5 Å². The highest BCUT2D eigenvalue weighted by molar-refractivity contribution is 6.03. The number of hydrogen-bond acceptors (Lipinski definition) is 7. The number of pyridine rings is 1. The number of fused-ring (bicyclic) bond motifs is 1. The lowest BCUT2D eigenvalue weighted by atomic mass is 9.97. The Balaban J connectivity index is 1.40. The Kier molecular flexibility index (Phi) is 7.56. The van der Waals surface area contributed by atoms with E-state index in [9.17, 15) is 37.1 Å². The Morgan fingerprint density at radius 3 is 2.45 bits per heavy atom. The van der Waals surface area contributed by atoms with Crippen LogP contribution in [0.2, 0.25) is 0 Å². The van der Waals surface area contributed by atoms with Gasteiger partial charge in [0.05, 0.1) is 6.54 Å². The van der Waals surface area contributed by atoms with Gasteiger partial charge in [-0.05, 0) is 43.2 Å². The molecule has 12 nitrogen and oxygen atoms in total. The predicted octanol–water partition coefficient (Wildman–Crippen LogP) is 1.02. The van der Waals surface area contributed by atoms with Gasteiger partial charge in [-0.25, -0.2) is 4.98 Å². The number of aromatic nitrogens is 1. The summed E-state index contributed by atoms with van der Waals surface area (Å²) in [6, 6.07) is -2.25. The highest BCUT2D eigenvalue weighted by Gasteiger charge is 2.58. The molecule has 2 aliphatic carbocycles. The molecule has 2 saturated carbocycles. The molecule has 4 atom stereocenters. The van der Waals surface area contributed by atoms with Crippen molar-refractivity contribution in [3.05, 3.63) is 17.8 Å². The van der Waals surface area contributed by atoms with Crippen LogP contribution < -0.4 is 21.1 Å². The van der Waals surface area contributed by atoms with Crippen LogP contribution in [0.1, 0.15) is 50.5 Å². The molecular formula is C27H33F3N6O6. The number of ether oxygens (including phenoxy) is 1. The first kappa shape index (κ1) is 29.6. The molecule has 4 N–H and O–H groups in total. The van der Waals surface area contributed by atoms with Crippen molar-refractivity contribution in [2.24, 2.45) is 17.6 Å². The van der Waals surface area contributed by atoms with Gasteiger partial charge in [0.15, 0.2) is 0 Å². The van der Waals surface area contributed by atoms with E-state index in [-0.39, 0.29) is 43.5 Å². The second-order valence-electron chi connectivity index (χ2n) is 11.9. The summed E-state index contributed by atoms with van der Waals surface area (Å²) in [4.78, 5) is 71.5. The molecule has 3 fully saturated rings. The Labute approximate surface area is 239 Å². The summed E-state index contributed by atoms with van der Waals surface area (Å²) in [6.45, 7) is 1.42. The van der Waals surface area contributed by atoms with E-state index in [0.717, 1.165) is 41.0 Å². The third-order valence-electron chi connectivity index (χ3n) is 8.36. The lowest BCUT2D eigenvalue weighted by Gasteiger charge is -2.36. The van der Waals surface area contributed by atoms with Crippen molar-refractivity contribution in [2.45, 2.75) is 81.8 Å². The first-order valence-corrected chi connectivity index (χ1v) is 13.9. The Morgan fingerprint density at radius 1 is 1.21 bits per heavy atom. The number of nitrogens with two attached hydrogens (primary N) is 1. The van der Waals surface area contributed by atoms with Gasteiger partial charge in [0.25, 0.3) is 5.91 Å². The number of carbonyl (C=O) groups is 5. The minimum absolute atomic E-state index is 0.00592. The number of rotatable bonds is 9. The molecule has 1 saturated heterocycles. The zero-order valence-corrected chi connectivity index (χ0v) is 23.2. The smallest absolute Gasteiger partial charge is 0.457 e. The van der Waals surface area contributed by atoms with Gasteiger partial charge >= 0.3 is 12.1 Å². The van der Waals surface area contributed by atoms with Gasteiger partial charge < -0.3 is 30.9 Å². The number of carbonyl (C=O) groups excluding carboxylic acids is 5. The average Bonchev–Trinajstić information content (AvgIpc) is 3.85. The van der Waals surface area contributed by atoms with E-state index in [2.05, 4.69) is 10.3 Å². The van der Waals surface area contributed by atoms with E-state index in [0.29, 0.717) is 5.69 Å². The lowest BCUT2D eigenvalue weighted by molar-refractivity contribution is -0.175. The van der Waals surface area contributed by atoms with Gasteiger partial charge in [-0.1, -0.05) is 25.7 Å². The fraction of sp³-hybridized carbons (Fsp3) is 0.630. The Hall–Kier alpha value is -3.91. The van der Waals surface area contributed by atoms with Crippen LogP contribution >= 0.6 is 0 Å². The molecule has 0 bridgehead atoms. The van der Waals surface area contributed by atoms with Crippen LogP contribution in [-0.4, -0.2) is 87.8 Å². The lowest BCUT2D eigenvalue weighted by Crippen LogP contribution is -2.58. The standard InChI is InChI=1S/C27H33F3N6O6/c1-13-7-16-21(32-11-13)42-26(24(40)33-16)10-19(20(31)37)36(12-26)23(39)18(9-15-5-6-15)35(2)22(38)17(8-14-3-4-14)34-25(41)27(28,29)30/h7,11,14-15,17-19H,3-6,8-10,12H2,1-2H3,(H2,31,37)(H,33,40)(H,34,41)/t17?,18?,19-,26?/m0/s1. The van der Waals surface area contributed by atoms with Crippen LogP contribution in [-0.2, 0) is 24.0 Å². The van der Waals surface area contributed by atoms with Crippen molar-refractivity contribution in [3.8, 4) is 5.88 Å². The zero-order chi connectivity index (χ0) is 30.6. The van der Waals surface area contributed by atoms with E-state index >= 15 is 0 Å². The molecule has 0 aromatic carbocycles. The summed E-state index contributed by atoms with van der Waals surface area (Å²) >= 11 is 0. The largest absolute Gasteiger partial charge is 0.471 e. The Bertz CT molecular complexity index is 1320. The molecule has 5 amide bonds. The van der Waals surface area contributed by atoms with E-state index < -0.39 is 59.4 Å². The molecule has 1 spiro atoms. The van der Waals surface area contributed by atoms with Crippen molar-refractivity contribution in [1.29, 1.82) is 0 Å². The number of likely N-dealkylation sites (N-methyl/N-ethyl adjacent to an activating group) is 1. The van der Waals surface area contributed by atoms with Crippen LogP contribution in [0.15, 0.2) is 12.3 Å². The van der Waals surface area contributed by atoms with Crippen LogP contribution in [0, 0.1) is 18.8 Å². The Morgan fingerprint density at radius 2 is 1.86 bits per heavy atom. The molecule has 0 radical (unpaired) electrons. The summed E-state index contributed by atoms with van der Waals surface area (Å²) in [5.41, 5.74) is 5.10. The fourth-order valence-electron chi connectivity index (χ4n) is 5.62. The number of amides is 5. The molecule has 1 aromatic heterocycles. The molecule has 1 aromatic rings. The molecule has 3 heterocycles. The summed E-state index contributed by atoms with van der Waals surface area (Å²) in [5.74, 6) is -5.07. The van der Waals surface area contributed by atoms with Crippen molar-refractivity contribution >= 4 is 35.2 Å². The summed E-state index contributed by atoms with van der Waals surface area (Å²) in [7, 11) is 1.30. The minimum atomic E-state index is -5.19. The average molecular weight is 595 g/mol. The molecular weight excluding hydrogens is 561 g/mol. The van der Waals surface area contributed by atoms with Crippen molar-refractivity contribution in [3.63, 3.8) is 0 Å². The second-order valence-corrected chi connectivity index (χ2v) is 11.9. The molecule has 4 aliphatic rings. The van der Waals surface area contributed by atoms with Gasteiger partial charge in [-0.2, -0.15) is 13.2 Å². The summed E-state index contributed by atoms with van der Waals surface area (Å²) in [6.07, 6.45) is -0.691. The number of likely N-dealkylation sites (tertiary alicyclic amines) is 1. The number of nitrogens with zero attached hydrogens (tertiary/aromatic N) is 3. The van der Waals surface area contributed by atoms with E-state index in [1.54, 1.807) is 18.3 Å². The molecule has 15 heteroatoms. The van der Waals surface area contributed by atoms with Gasteiger partial charge in [0.2, 0.25) is 29.2 Å². The van der Waals surface area contributed by atoms with Crippen molar-refractivity contribution < 1.29 is 41.9 Å². The fourth-order valence-corrected chi connectivity index (χ4v) is 5.62. The minimum Gasteiger partial charge on any atom is -0.457 e. The highest BCUT2D eigenvalue weighted by Crippen LogP contribution is 2.41. The number of nitrogens with one attached hydrogen (secondary N) is 2. The number of alkyl halides is 3. The third kappa shape index (κ3) is 6.00. The van der Waals surface area contributed by atoms with Crippen LogP contribution in [0.3, 0.4) is 0 Å². The quantitative estimate of drug-likeness (QED) is 0.384.